The van der Waals surface area contributed by atoms with E-state index in [2.05, 4.69) is 26.7 Å². The summed E-state index contributed by atoms with van der Waals surface area (Å²) >= 11 is 5.48. The van der Waals surface area contributed by atoms with Gasteiger partial charge >= 0.3 is 0 Å². The quantitative estimate of drug-likeness (QED) is 0.736. The molecule has 1 N–H and O–H groups in total. The first-order chi connectivity index (χ1) is 10.1. The van der Waals surface area contributed by atoms with Crippen LogP contribution in [0.3, 0.4) is 0 Å². The van der Waals surface area contributed by atoms with Crippen molar-refractivity contribution in [1.82, 2.24) is 29.1 Å². The molecule has 6 nitrogen and oxygen atoms in total. The van der Waals surface area contributed by atoms with Crippen molar-refractivity contribution in [2.45, 2.75) is 32.7 Å². The number of rotatable bonds is 5. The topological polar surface area (TPSA) is 56.4 Å². The fraction of sp³-hybridized carbons (Fsp3) is 0.500. The lowest BCUT2D eigenvalue weighted by Crippen LogP contribution is -2.08. The number of imidazole rings is 1. The minimum atomic E-state index is 0.762. The number of hydrogen-bond acceptors (Lipinski definition) is 3. The predicted molar refractivity (Wildman–Crippen MR) is 84.8 cm³/mol. The Hall–Kier alpha value is -1.89. The monoisotopic (exact) mass is 304 g/mol. The van der Waals surface area contributed by atoms with Gasteiger partial charge in [0, 0.05) is 39.0 Å². The third-order valence-electron chi connectivity index (χ3n) is 3.82. The van der Waals surface area contributed by atoms with Crippen molar-refractivity contribution in [2.24, 2.45) is 14.1 Å². The van der Waals surface area contributed by atoms with Crippen molar-refractivity contribution < 1.29 is 0 Å². The molecule has 0 radical (unpaired) electrons. The summed E-state index contributed by atoms with van der Waals surface area (Å²) in [6, 6.07) is 2.04. The summed E-state index contributed by atoms with van der Waals surface area (Å²) in [6.07, 6.45) is 4.76. The van der Waals surface area contributed by atoms with Gasteiger partial charge in [0.25, 0.3) is 0 Å². The number of H-pyrrole nitrogens is 1. The average molecular weight is 304 g/mol. The van der Waals surface area contributed by atoms with Crippen LogP contribution in [-0.4, -0.2) is 29.1 Å². The molecule has 0 aliphatic heterocycles. The Morgan fingerprint density at radius 1 is 1.24 bits per heavy atom. The average Bonchev–Trinajstić information content (AvgIpc) is 3.07. The largest absolute Gasteiger partial charge is 0.328 e. The first-order valence-electron chi connectivity index (χ1n) is 7.23. The van der Waals surface area contributed by atoms with Crippen LogP contribution >= 0.6 is 12.2 Å². The Labute approximate surface area is 128 Å². The lowest BCUT2D eigenvalue weighted by Gasteiger charge is -2.05. The van der Waals surface area contributed by atoms with Crippen LogP contribution in [0.1, 0.15) is 24.7 Å². The summed E-state index contributed by atoms with van der Waals surface area (Å²) in [5.74, 6) is 0. The van der Waals surface area contributed by atoms with E-state index in [-0.39, 0.29) is 0 Å². The van der Waals surface area contributed by atoms with Crippen molar-refractivity contribution in [1.29, 1.82) is 0 Å². The van der Waals surface area contributed by atoms with E-state index >= 15 is 0 Å². The van der Waals surface area contributed by atoms with Gasteiger partial charge in [-0.2, -0.15) is 10.2 Å². The minimum absolute atomic E-state index is 0.762. The number of nitrogens with one attached hydrogen (secondary N) is 1. The Bertz CT molecular complexity index is 818. The van der Waals surface area contributed by atoms with E-state index in [0.29, 0.717) is 0 Å². The van der Waals surface area contributed by atoms with Gasteiger partial charge in [0.15, 0.2) is 10.4 Å². The lowest BCUT2D eigenvalue weighted by atomic mass is 10.2. The van der Waals surface area contributed by atoms with E-state index in [9.17, 15) is 0 Å². The fourth-order valence-electron chi connectivity index (χ4n) is 2.77. The number of nitrogens with zero attached hydrogens (tertiary/aromatic N) is 5. The van der Waals surface area contributed by atoms with Crippen molar-refractivity contribution in [3.05, 3.63) is 28.4 Å². The Morgan fingerprint density at radius 2 is 2.05 bits per heavy atom. The predicted octanol–water partition coefficient (Wildman–Crippen LogP) is 2.36. The smallest absolute Gasteiger partial charge is 0.179 e. The van der Waals surface area contributed by atoms with Gasteiger partial charge in [-0.15, -0.1) is 0 Å². The summed E-state index contributed by atoms with van der Waals surface area (Å²) in [6.45, 7) is 2.98. The van der Waals surface area contributed by atoms with Crippen LogP contribution in [-0.2, 0) is 33.5 Å². The maximum atomic E-state index is 5.48. The Kier molecular flexibility index (Phi) is 3.67. The first kappa shape index (κ1) is 14.1. The zero-order valence-corrected chi connectivity index (χ0v) is 13.4. The molecule has 0 unspecified atom stereocenters. The van der Waals surface area contributed by atoms with Gasteiger partial charge < -0.3 is 9.55 Å². The molecule has 0 fully saturated rings. The van der Waals surface area contributed by atoms with Crippen LogP contribution in [0, 0.1) is 4.77 Å². The van der Waals surface area contributed by atoms with Crippen LogP contribution in [0.5, 0.6) is 0 Å². The molecule has 112 valence electrons. The summed E-state index contributed by atoms with van der Waals surface area (Å²) < 4.78 is 6.72. The Morgan fingerprint density at radius 3 is 2.71 bits per heavy atom. The van der Waals surface area contributed by atoms with Crippen LogP contribution in [0.4, 0.5) is 0 Å². The lowest BCUT2D eigenvalue weighted by molar-refractivity contribution is 0.624. The van der Waals surface area contributed by atoms with Gasteiger partial charge in [-0.1, -0.05) is 13.3 Å². The maximum absolute atomic E-state index is 5.48. The first-order valence-corrected chi connectivity index (χ1v) is 7.64. The van der Waals surface area contributed by atoms with Gasteiger partial charge in [-0.25, -0.2) is 0 Å². The highest BCUT2D eigenvalue weighted by atomic mass is 32.1. The van der Waals surface area contributed by atoms with E-state index in [1.54, 1.807) is 0 Å². The zero-order chi connectivity index (χ0) is 15.0. The van der Waals surface area contributed by atoms with Crippen molar-refractivity contribution in [2.75, 3.05) is 0 Å². The number of fused-ring (bicyclic) bond motifs is 1. The summed E-state index contributed by atoms with van der Waals surface area (Å²) in [5.41, 5.74) is 4.45. The molecule has 21 heavy (non-hydrogen) atoms. The Balaban J connectivity index is 1.97. The molecule has 0 saturated heterocycles. The van der Waals surface area contributed by atoms with Crippen LogP contribution in [0.2, 0.25) is 0 Å². The van der Waals surface area contributed by atoms with Crippen molar-refractivity contribution in [3.63, 3.8) is 0 Å². The molecule has 7 heteroatoms. The molecule has 0 aliphatic rings. The summed E-state index contributed by atoms with van der Waals surface area (Å²) in [7, 11) is 3.94. The fourth-order valence-corrected chi connectivity index (χ4v) is 3.05. The van der Waals surface area contributed by atoms with Crippen LogP contribution in [0.15, 0.2) is 12.3 Å². The molecular weight excluding hydrogens is 284 g/mol. The second-order valence-corrected chi connectivity index (χ2v) is 5.68. The standard InChI is InChI=1S/C14H20N6S/c1-4-5-11-12-13(19(3)17-11)20(14(21)16-12)9-7-10-6-8-15-18(10)2/h6,8H,4-5,7,9H2,1-3H3,(H,16,21). The number of aromatic nitrogens is 6. The second-order valence-electron chi connectivity index (χ2n) is 5.30. The molecule has 0 saturated carbocycles. The van der Waals surface area contributed by atoms with Crippen LogP contribution < -0.4 is 0 Å². The highest BCUT2D eigenvalue weighted by Gasteiger charge is 2.14. The minimum Gasteiger partial charge on any atom is -0.328 e. The SMILES string of the molecule is CCCc1nn(C)c2c1[nH]c(=S)n2CCc1ccnn1C. The van der Waals surface area contributed by atoms with Crippen molar-refractivity contribution in [3.8, 4) is 0 Å². The van der Waals surface area contributed by atoms with Gasteiger partial charge in [0.2, 0.25) is 0 Å². The van der Waals surface area contributed by atoms with Gasteiger partial charge in [0.1, 0.15) is 5.52 Å². The summed E-state index contributed by atoms with van der Waals surface area (Å²) in [4.78, 5) is 3.32. The van der Waals surface area contributed by atoms with Crippen molar-refractivity contribution >= 4 is 23.4 Å². The molecule has 0 atom stereocenters. The number of aromatic amines is 1. The molecule has 0 amide bonds. The molecule has 0 bridgehead atoms. The van der Waals surface area contributed by atoms with Crippen LogP contribution in [0.25, 0.3) is 11.2 Å². The molecule has 0 spiro atoms. The highest BCUT2D eigenvalue weighted by Crippen LogP contribution is 2.19. The second kappa shape index (κ2) is 5.48. The van der Waals surface area contributed by atoms with Gasteiger partial charge in [0.05, 0.1) is 5.69 Å². The van der Waals surface area contributed by atoms with E-state index in [0.717, 1.165) is 47.4 Å². The molecule has 3 aromatic rings. The highest BCUT2D eigenvalue weighted by molar-refractivity contribution is 7.71. The third kappa shape index (κ3) is 2.42. The number of hydrogen-bond donors (Lipinski definition) is 1. The maximum Gasteiger partial charge on any atom is 0.179 e. The van der Waals surface area contributed by atoms with E-state index in [4.69, 9.17) is 12.2 Å². The van der Waals surface area contributed by atoms with E-state index in [1.165, 1.54) is 5.69 Å². The number of aryl methyl sites for hydroxylation is 5. The van der Waals surface area contributed by atoms with E-state index < -0.39 is 0 Å². The van der Waals surface area contributed by atoms with E-state index in [1.807, 2.05) is 35.7 Å². The molecule has 3 heterocycles. The molecule has 3 rings (SSSR count). The normalized spacial score (nSPS) is 11.6. The van der Waals surface area contributed by atoms with Gasteiger partial charge in [-0.05, 0) is 24.7 Å². The summed E-state index contributed by atoms with van der Waals surface area (Å²) in [5, 5.41) is 8.81. The molecule has 3 aromatic heterocycles. The molecular formula is C14H20N6S. The molecule has 0 aromatic carbocycles. The zero-order valence-electron chi connectivity index (χ0n) is 12.6. The third-order valence-corrected chi connectivity index (χ3v) is 4.15. The molecule has 0 aliphatic carbocycles. The van der Waals surface area contributed by atoms with Gasteiger partial charge in [-0.3, -0.25) is 9.36 Å².